The van der Waals surface area contributed by atoms with E-state index in [2.05, 4.69) is 42.5 Å². The van der Waals surface area contributed by atoms with Crippen LogP contribution in [0.1, 0.15) is 45.5 Å². The van der Waals surface area contributed by atoms with Gasteiger partial charge in [0.1, 0.15) is 16.8 Å². The van der Waals surface area contributed by atoms with Crippen LogP contribution in [0.25, 0.3) is 0 Å². The van der Waals surface area contributed by atoms with Gasteiger partial charge in [-0.05, 0) is 34.1 Å². The Bertz CT molecular complexity index is 488. The van der Waals surface area contributed by atoms with E-state index in [0.29, 0.717) is 5.15 Å². The average Bonchev–Trinajstić information content (AvgIpc) is 2.42. The Labute approximate surface area is 133 Å². The third-order valence-corrected chi connectivity index (χ3v) is 4.48. The first-order valence-electron chi connectivity index (χ1n) is 7.86. The first-order chi connectivity index (χ1) is 9.82. The van der Waals surface area contributed by atoms with E-state index in [9.17, 15) is 0 Å². The molecule has 118 valence electrons. The quantitative estimate of drug-likeness (QED) is 0.802. The lowest BCUT2D eigenvalue weighted by Gasteiger charge is -2.43. The van der Waals surface area contributed by atoms with Gasteiger partial charge in [-0.2, -0.15) is 0 Å². The first kappa shape index (κ1) is 16.5. The monoisotopic (exact) mass is 310 g/mol. The Balaban J connectivity index is 2.16. The van der Waals surface area contributed by atoms with Crippen LogP contribution in [-0.4, -0.2) is 46.6 Å². The molecule has 0 amide bonds. The molecule has 0 saturated carbocycles. The first-order valence-corrected chi connectivity index (χ1v) is 8.23. The molecule has 21 heavy (non-hydrogen) atoms. The Morgan fingerprint density at radius 2 is 1.71 bits per heavy atom. The van der Waals surface area contributed by atoms with Crippen LogP contribution in [0.2, 0.25) is 5.15 Å². The number of nitrogens with zero attached hydrogens (tertiary/aromatic N) is 4. The van der Waals surface area contributed by atoms with Crippen LogP contribution >= 0.6 is 11.6 Å². The summed E-state index contributed by atoms with van der Waals surface area (Å²) in [5.41, 5.74) is 1.23. The highest BCUT2D eigenvalue weighted by Gasteiger charge is 2.27. The summed E-state index contributed by atoms with van der Waals surface area (Å²) in [5.74, 6) is 1.88. The summed E-state index contributed by atoms with van der Waals surface area (Å²) in [5, 5.41) is 0.599. The van der Waals surface area contributed by atoms with Gasteiger partial charge in [-0.15, -0.1) is 0 Å². The lowest BCUT2D eigenvalue weighted by molar-refractivity contribution is 0.128. The van der Waals surface area contributed by atoms with Crippen molar-refractivity contribution in [2.75, 3.05) is 31.1 Å². The maximum Gasteiger partial charge on any atom is 0.137 e. The van der Waals surface area contributed by atoms with Crippen LogP contribution in [-0.2, 0) is 6.42 Å². The molecule has 1 aliphatic heterocycles. The van der Waals surface area contributed by atoms with E-state index in [0.717, 1.165) is 56.2 Å². The molecule has 0 spiro atoms. The molecular weight excluding hydrogens is 284 g/mol. The summed E-state index contributed by atoms with van der Waals surface area (Å²) in [4.78, 5) is 14.0. The third-order valence-electron chi connectivity index (χ3n) is 4.11. The highest BCUT2D eigenvalue weighted by Crippen LogP contribution is 2.26. The molecule has 1 aliphatic rings. The standard InChI is InChI=1S/C16H27ClN4/c1-6-7-13-18-14(17)12(2)15(19-13)20-8-10-21(11-9-20)16(3,4)5/h6-11H2,1-5H3. The fraction of sp³-hybridized carbons (Fsp3) is 0.750. The molecule has 1 saturated heterocycles. The van der Waals surface area contributed by atoms with Crippen molar-refractivity contribution in [3.05, 3.63) is 16.5 Å². The van der Waals surface area contributed by atoms with Crippen molar-refractivity contribution in [3.8, 4) is 0 Å². The van der Waals surface area contributed by atoms with Gasteiger partial charge in [-0.25, -0.2) is 9.97 Å². The van der Waals surface area contributed by atoms with E-state index in [1.165, 1.54) is 0 Å². The van der Waals surface area contributed by atoms with Gasteiger partial charge in [0.2, 0.25) is 0 Å². The smallest absolute Gasteiger partial charge is 0.137 e. The van der Waals surface area contributed by atoms with Crippen molar-refractivity contribution < 1.29 is 0 Å². The molecule has 0 aromatic carbocycles. The Morgan fingerprint density at radius 3 is 2.24 bits per heavy atom. The van der Waals surface area contributed by atoms with Gasteiger partial charge in [0, 0.05) is 43.7 Å². The van der Waals surface area contributed by atoms with Gasteiger partial charge >= 0.3 is 0 Å². The van der Waals surface area contributed by atoms with Crippen LogP contribution < -0.4 is 4.90 Å². The van der Waals surface area contributed by atoms with Gasteiger partial charge in [0.05, 0.1) is 0 Å². The fourth-order valence-corrected chi connectivity index (χ4v) is 2.93. The van der Waals surface area contributed by atoms with Crippen LogP contribution in [0, 0.1) is 6.92 Å². The van der Waals surface area contributed by atoms with Gasteiger partial charge in [0.25, 0.3) is 0 Å². The number of hydrogen-bond donors (Lipinski definition) is 0. The SMILES string of the molecule is CCCc1nc(Cl)c(C)c(N2CCN(C(C)(C)C)CC2)n1. The molecule has 5 heteroatoms. The third kappa shape index (κ3) is 3.86. The maximum atomic E-state index is 6.29. The molecule has 1 aromatic rings. The fourth-order valence-electron chi connectivity index (χ4n) is 2.75. The second kappa shape index (κ2) is 6.49. The van der Waals surface area contributed by atoms with E-state index < -0.39 is 0 Å². The maximum absolute atomic E-state index is 6.29. The Morgan fingerprint density at radius 1 is 1.10 bits per heavy atom. The predicted octanol–water partition coefficient (Wildman–Crippen LogP) is 3.31. The molecule has 2 heterocycles. The normalized spacial score (nSPS) is 17.3. The number of halogens is 1. The van der Waals surface area contributed by atoms with Crippen molar-refractivity contribution in [3.63, 3.8) is 0 Å². The number of rotatable bonds is 3. The number of piperazine rings is 1. The minimum Gasteiger partial charge on any atom is -0.354 e. The molecule has 2 rings (SSSR count). The molecule has 0 atom stereocenters. The number of anilines is 1. The number of aryl methyl sites for hydroxylation is 1. The average molecular weight is 311 g/mol. The largest absolute Gasteiger partial charge is 0.354 e. The number of hydrogen-bond acceptors (Lipinski definition) is 4. The summed E-state index contributed by atoms with van der Waals surface area (Å²) >= 11 is 6.29. The molecule has 0 unspecified atom stereocenters. The highest BCUT2D eigenvalue weighted by atomic mass is 35.5. The van der Waals surface area contributed by atoms with Crippen molar-refractivity contribution in [1.82, 2.24) is 14.9 Å². The molecule has 0 radical (unpaired) electrons. The Kier molecular flexibility index (Phi) is 5.10. The molecule has 0 aliphatic carbocycles. The Hall–Kier alpha value is -0.870. The summed E-state index contributed by atoms with van der Waals surface area (Å²) in [7, 11) is 0. The van der Waals surface area contributed by atoms with Crippen molar-refractivity contribution >= 4 is 17.4 Å². The van der Waals surface area contributed by atoms with Crippen molar-refractivity contribution in [2.24, 2.45) is 0 Å². The van der Waals surface area contributed by atoms with E-state index >= 15 is 0 Å². The van der Waals surface area contributed by atoms with Crippen LogP contribution in [0.4, 0.5) is 5.82 Å². The molecule has 0 bridgehead atoms. The predicted molar refractivity (Wildman–Crippen MR) is 89.3 cm³/mol. The van der Waals surface area contributed by atoms with Gasteiger partial charge in [0.15, 0.2) is 0 Å². The molecule has 1 aromatic heterocycles. The second-order valence-corrected chi connectivity index (χ2v) is 7.13. The zero-order valence-corrected chi connectivity index (χ0v) is 14.7. The zero-order chi connectivity index (χ0) is 15.6. The van der Waals surface area contributed by atoms with Crippen LogP contribution in [0.3, 0.4) is 0 Å². The number of aromatic nitrogens is 2. The van der Waals surface area contributed by atoms with E-state index in [-0.39, 0.29) is 5.54 Å². The lowest BCUT2D eigenvalue weighted by Crippen LogP contribution is -2.53. The highest BCUT2D eigenvalue weighted by molar-refractivity contribution is 6.30. The summed E-state index contributed by atoms with van der Waals surface area (Å²) < 4.78 is 0. The minimum atomic E-state index is 0.234. The van der Waals surface area contributed by atoms with Crippen molar-refractivity contribution in [1.29, 1.82) is 0 Å². The minimum absolute atomic E-state index is 0.234. The van der Waals surface area contributed by atoms with Crippen molar-refractivity contribution in [2.45, 2.75) is 53.0 Å². The summed E-state index contributed by atoms with van der Waals surface area (Å²) in [6, 6.07) is 0. The zero-order valence-electron chi connectivity index (χ0n) is 13.9. The van der Waals surface area contributed by atoms with Gasteiger partial charge < -0.3 is 4.90 Å². The van der Waals surface area contributed by atoms with Gasteiger partial charge in [-0.3, -0.25) is 4.90 Å². The van der Waals surface area contributed by atoms with Crippen LogP contribution in [0.15, 0.2) is 0 Å². The van der Waals surface area contributed by atoms with E-state index in [4.69, 9.17) is 16.6 Å². The lowest BCUT2D eigenvalue weighted by atomic mass is 10.0. The molecular formula is C16H27ClN4. The summed E-state index contributed by atoms with van der Waals surface area (Å²) in [6.07, 6.45) is 1.92. The molecule has 1 fully saturated rings. The van der Waals surface area contributed by atoms with E-state index in [1.807, 2.05) is 6.92 Å². The molecule has 0 N–H and O–H groups in total. The van der Waals surface area contributed by atoms with Crippen LogP contribution in [0.5, 0.6) is 0 Å². The van der Waals surface area contributed by atoms with Gasteiger partial charge in [-0.1, -0.05) is 18.5 Å². The molecule has 4 nitrogen and oxygen atoms in total. The van der Waals surface area contributed by atoms with E-state index in [1.54, 1.807) is 0 Å². The summed E-state index contributed by atoms with van der Waals surface area (Å²) in [6.45, 7) is 15.1. The second-order valence-electron chi connectivity index (χ2n) is 6.77. The topological polar surface area (TPSA) is 32.3 Å².